The monoisotopic (exact) mass is 527 g/mol. The molecule has 4 rings (SSSR count). The van der Waals surface area contributed by atoms with Gasteiger partial charge in [-0.3, -0.25) is 9.59 Å². The summed E-state index contributed by atoms with van der Waals surface area (Å²) >= 11 is 0. The van der Waals surface area contributed by atoms with E-state index in [1.54, 1.807) is 56.3 Å². The second-order valence-corrected chi connectivity index (χ2v) is 9.83. The number of aromatic hydroxyl groups is 1. The van der Waals surface area contributed by atoms with E-state index in [1.165, 1.54) is 25.0 Å². The number of phenols is 1. The molecule has 2 heterocycles. The Morgan fingerprint density at radius 1 is 1.16 bits per heavy atom. The summed E-state index contributed by atoms with van der Waals surface area (Å²) in [5.74, 6) is -1.75. The smallest absolute Gasteiger partial charge is 0.322 e. The first-order valence-corrected chi connectivity index (χ1v) is 12.3. The molecular formula is C27H33N3O8. The molecule has 2 saturated heterocycles. The Balaban J connectivity index is 1.70. The Hall–Kier alpha value is -3.51. The molecule has 0 spiro atoms. The SMILES string of the molecule is CO[C@@H]1[C@H]2OC(C)(C)O[C@H]2O[C@@H]1[C@H](CC(N)=O)N(Cc1ccccc1O)C(=O)Nc1cccc(C(C)=O)c1. The molecule has 0 saturated carbocycles. The maximum Gasteiger partial charge on any atom is 0.322 e. The van der Waals surface area contributed by atoms with Gasteiger partial charge < -0.3 is 40.0 Å². The van der Waals surface area contributed by atoms with Crippen molar-refractivity contribution in [2.75, 3.05) is 12.4 Å². The third kappa shape index (κ3) is 5.97. The molecule has 0 aliphatic carbocycles. The van der Waals surface area contributed by atoms with Crippen LogP contribution >= 0.6 is 0 Å². The Labute approximate surface area is 220 Å². The number of amides is 3. The Morgan fingerprint density at radius 3 is 2.55 bits per heavy atom. The molecule has 204 valence electrons. The number of carbonyl (C=O) groups excluding carboxylic acids is 3. The van der Waals surface area contributed by atoms with E-state index in [-0.39, 0.29) is 24.5 Å². The summed E-state index contributed by atoms with van der Waals surface area (Å²) in [7, 11) is 1.49. The predicted octanol–water partition coefficient (Wildman–Crippen LogP) is 2.76. The number of Topliss-reactive ketones (excluding diaryl/α,β-unsaturated/α-hetero) is 1. The third-order valence-corrected chi connectivity index (χ3v) is 6.60. The van der Waals surface area contributed by atoms with E-state index in [4.69, 9.17) is 24.7 Å². The van der Waals surface area contributed by atoms with E-state index in [9.17, 15) is 19.5 Å². The van der Waals surface area contributed by atoms with Crippen LogP contribution in [0.5, 0.6) is 5.75 Å². The van der Waals surface area contributed by atoms with E-state index in [1.807, 2.05) is 0 Å². The topological polar surface area (TPSA) is 150 Å². The van der Waals surface area contributed by atoms with E-state index in [0.29, 0.717) is 16.8 Å². The van der Waals surface area contributed by atoms with Gasteiger partial charge in [0, 0.05) is 30.3 Å². The molecule has 3 amide bonds. The standard InChI is InChI=1S/C27H33N3O8/c1-15(31)16-9-7-10-18(12-16)29-26(34)30(14-17-8-5-6-11-20(17)32)19(13-21(28)33)22-23(35-4)24-25(36-22)38-27(2,3)37-24/h5-12,19,22-25,32H,13-14H2,1-4H3,(H2,28,33)(H,29,34)/t19-,22+,23-,24+,25+/m0/s1. The van der Waals surface area contributed by atoms with E-state index < -0.39 is 48.4 Å². The van der Waals surface area contributed by atoms with Crippen LogP contribution in [0.1, 0.15) is 43.1 Å². The molecule has 2 aromatic rings. The highest BCUT2D eigenvalue weighted by Gasteiger charge is 2.58. The first kappa shape index (κ1) is 27.5. The van der Waals surface area contributed by atoms with Crippen LogP contribution in [0.25, 0.3) is 0 Å². The molecule has 0 bridgehead atoms. The van der Waals surface area contributed by atoms with E-state index >= 15 is 0 Å². The zero-order valence-corrected chi connectivity index (χ0v) is 21.7. The van der Waals surface area contributed by atoms with Crippen LogP contribution < -0.4 is 11.1 Å². The second-order valence-electron chi connectivity index (χ2n) is 9.83. The first-order valence-electron chi connectivity index (χ1n) is 12.3. The minimum atomic E-state index is -0.922. The summed E-state index contributed by atoms with van der Waals surface area (Å²) < 4.78 is 23.8. The number of phenolic OH excluding ortho intramolecular Hbond substituents is 1. The number of rotatable bonds is 9. The zero-order valence-electron chi connectivity index (χ0n) is 21.7. The van der Waals surface area contributed by atoms with Crippen LogP contribution in [0.15, 0.2) is 48.5 Å². The van der Waals surface area contributed by atoms with Crippen molar-refractivity contribution < 1.29 is 38.4 Å². The van der Waals surface area contributed by atoms with Crippen LogP contribution in [0, 0.1) is 0 Å². The van der Waals surface area contributed by atoms with Crippen molar-refractivity contribution in [1.82, 2.24) is 4.90 Å². The second kappa shape index (κ2) is 11.1. The van der Waals surface area contributed by atoms with Crippen molar-refractivity contribution in [2.24, 2.45) is 5.73 Å². The summed E-state index contributed by atoms with van der Waals surface area (Å²) in [5.41, 5.74) is 6.87. The van der Waals surface area contributed by atoms with Crippen LogP contribution in [-0.4, -0.2) is 71.3 Å². The lowest BCUT2D eigenvalue weighted by molar-refractivity contribution is -0.223. The highest BCUT2D eigenvalue weighted by molar-refractivity contribution is 5.97. The number of hydrogen-bond donors (Lipinski definition) is 3. The molecule has 38 heavy (non-hydrogen) atoms. The van der Waals surface area contributed by atoms with Crippen LogP contribution in [0.2, 0.25) is 0 Å². The van der Waals surface area contributed by atoms with Gasteiger partial charge in [-0.25, -0.2) is 4.79 Å². The van der Waals surface area contributed by atoms with Gasteiger partial charge in [0.05, 0.1) is 12.6 Å². The fourth-order valence-electron chi connectivity index (χ4n) is 4.87. The van der Waals surface area contributed by atoms with Crippen LogP contribution in [0.4, 0.5) is 10.5 Å². The van der Waals surface area contributed by atoms with Crippen LogP contribution in [0.3, 0.4) is 0 Å². The number of para-hydroxylation sites is 1. The lowest BCUT2D eigenvalue weighted by Gasteiger charge is -2.37. The number of anilines is 1. The predicted molar refractivity (Wildman–Crippen MR) is 136 cm³/mol. The fourth-order valence-corrected chi connectivity index (χ4v) is 4.87. The van der Waals surface area contributed by atoms with Gasteiger partial charge in [-0.15, -0.1) is 0 Å². The summed E-state index contributed by atoms with van der Waals surface area (Å²) in [6.45, 7) is 4.86. The molecule has 0 unspecified atom stereocenters. The number of ketones is 1. The number of fused-ring (bicyclic) bond motifs is 1. The van der Waals surface area contributed by atoms with Gasteiger partial charge in [-0.2, -0.15) is 0 Å². The van der Waals surface area contributed by atoms with Crippen molar-refractivity contribution >= 4 is 23.4 Å². The number of nitrogens with one attached hydrogen (secondary N) is 1. The Kier molecular flexibility index (Phi) is 8.02. The van der Waals surface area contributed by atoms with Gasteiger partial charge in [-0.05, 0) is 39.0 Å². The molecule has 4 N–H and O–H groups in total. The number of carbonyl (C=O) groups is 3. The molecule has 2 aliphatic heterocycles. The molecule has 5 atom stereocenters. The van der Waals surface area contributed by atoms with E-state index in [2.05, 4.69) is 5.32 Å². The lowest BCUT2D eigenvalue weighted by Crippen LogP contribution is -2.54. The number of primary amides is 1. The van der Waals surface area contributed by atoms with Gasteiger partial charge in [0.25, 0.3) is 0 Å². The Morgan fingerprint density at radius 2 is 1.89 bits per heavy atom. The third-order valence-electron chi connectivity index (χ3n) is 6.60. The highest BCUT2D eigenvalue weighted by atomic mass is 16.8. The number of urea groups is 1. The van der Waals surface area contributed by atoms with Gasteiger partial charge in [0.1, 0.15) is 24.1 Å². The van der Waals surface area contributed by atoms with Crippen molar-refractivity contribution in [3.8, 4) is 5.75 Å². The largest absolute Gasteiger partial charge is 0.508 e. The minimum Gasteiger partial charge on any atom is -0.508 e. The maximum atomic E-state index is 13.8. The van der Waals surface area contributed by atoms with Crippen molar-refractivity contribution in [3.63, 3.8) is 0 Å². The van der Waals surface area contributed by atoms with Crippen molar-refractivity contribution in [2.45, 2.75) is 70.2 Å². The number of hydrogen-bond acceptors (Lipinski definition) is 8. The minimum absolute atomic E-state index is 0.0254. The van der Waals surface area contributed by atoms with E-state index in [0.717, 1.165) is 0 Å². The molecule has 11 heteroatoms. The fraction of sp³-hybridized carbons (Fsp3) is 0.444. The lowest BCUT2D eigenvalue weighted by atomic mass is 9.98. The van der Waals surface area contributed by atoms with Gasteiger partial charge in [0.2, 0.25) is 5.91 Å². The first-order chi connectivity index (χ1) is 18.0. The van der Waals surface area contributed by atoms with Crippen molar-refractivity contribution in [1.29, 1.82) is 0 Å². The average Bonchev–Trinajstić information content (AvgIpc) is 3.33. The summed E-state index contributed by atoms with van der Waals surface area (Å²) in [6.07, 6.45) is -3.18. The zero-order chi connectivity index (χ0) is 27.6. The molecule has 2 fully saturated rings. The Bertz CT molecular complexity index is 1200. The highest BCUT2D eigenvalue weighted by Crippen LogP contribution is 2.41. The van der Waals surface area contributed by atoms with Gasteiger partial charge >= 0.3 is 6.03 Å². The maximum absolute atomic E-state index is 13.8. The molecular weight excluding hydrogens is 494 g/mol. The summed E-state index contributed by atoms with van der Waals surface area (Å²) in [5, 5.41) is 13.3. The molecule has 2 aliphatic rings. The molecule has 0 radical (unpaired) electrons. The number of benzene rings is 2. The molecule has 11 nitrogen and oxygen atoms in total. The summed E-state index contributed by atoms with van der Waals surface area (Å²) in [4.78, 5) is 39.2. The van der Waals surface area contributed by atoms with Gasteiger partial charge in [0.15, 0.2) is 17.9 Å². The van der Waals surface area contributed by atoms with Crippen LogP contribution in [-0.2, 0) is 30.3 Å². The number of nitrogens with two attached hydrogens (primary N) is 1. The van der Waals surface area contributed by atoms with Gasteiger partial charge in [-0.1, -0.05) is 30.3 Å². The average molecular weight is 528 g/mol. The quantitative estimate of drug-likeness (QED) is 0.422. The normalized spacial score (nSPS) is 24.4. The number of nitrogens with zero attached hydrogens (tertiary/aromatic N) is 1. The number of ether oxygens (including phenoxy) is 4. The molecule has 2 aromatic carbocycles. The summed E-state index contributed by atoms with van der Waals surface area (Å²) in [6, 6.07) is 11.5. The number of methoxy groups -OCH3 is 1. The molecule has 0 aromatic heterocycles. The van der Waals surface area contributed by atoms with Crippen molar-refractivity contribution in [3.05, 3.63) is 59.7 Å².